The van der Waals surface area contributed by atoms with E-state index in [0.717, 1.165) is 45.3 Å². The monoisotopic (exact) mass is 440 g/mol. The highest BCUT2D eigenvalue weighted by Gasteiger charge is 2.33. The van der Waals surface area contributed by atoms with E-state index in [1.54, 1.807) is 11.3 Å². The molecule has 0 fully saturated rings. The molecule has 0 amide bonds. The molecule has 0 radical (unpaired) electrons. The minimum Gasteiger partial charge on any atom is -1.00 e. The molecule has 0 atom stereocenters. The first kappa shape index (κ1) is 19.5. The minimum absolute atomic E-state index is 0. The second-order valence-electron chi connectivity index (χ2n) is 6.51. The van der Waals surface area contributed by atoms with Gasteiger partial charge in [-0.25, -0.2) is 0 Å². The van der Waals surface area contributed by atoms with E-state index in [-0.39, 0.29) is 22.8 Å². The minimum atomic E-state index is 0. The molecule has 2 heterocycles. The van der Waals surface area contributed by atoms with Gasteiger partial charge < -0.3 is 17.0 Å². The van der Waals surface area contributed by atoms with E-state index in [1.165, 1.54) is 0 Å². The fourth-order valence-electron chi connectivity index (χ4n) is 3.41. The third-order valence-electron chi connectivity index (χ3n) is 4.72. The highest BCUT2D eigenvalue weighted by molar-refractivity contribution is 7.14. The summed E-state index contributed by atoms with van der Waals surface area (Å²) in [4.78, 5) is 14.5. The summed E-state index contributed by atoms with van der Waals surface area (Å²) in [6.45, 7) is 6.21. The third kappa shape index (κ3) is 3.26. The van der Waals surface area contributed by atoms with Crippen LogP contribution in [-0.2, 0) is 6.42 Å². The van der Waals surface area contributed by atoms with Gasteiger partial charge in [-0.3, -0.25) is 4.79 Å². The van der Waals surface area contributed by atoms with Crippen LogP contribution in [0.4, 0.5) is 0 Å². The van der Waals surface area contributed by atoms with Crippen LogP contribution in [0.3, 0.4) is 0 Å². The first-order chi connectivity index (χ1) is 12.6. The first-order valence-corrected chi connectivity index (χ1v) is 9.70. The average molecular weight is 441 g/mol. The molecular weight excluding hydrogens is 420 g/mol. The zero-order chi connectivity index (χ0) is 18.3. The average Bonchev–Trinajstić information content (AvgIpc) is 3.19. The molecule has 2 aromatic heterocycles. The lowest BCUT2D eigenvalue weighted by molar-refractivity contribution is -0.573. The van der Waals surface area contributed by atoms with Gasteiger partial charge in [0.05, 0.1) is 0 Å². The van der Waals surface area contributed by atoms with Crippen molar-refractivity contribution in [2.75, 3.05) is 0 Å². The van der Waals surface area contributed by atoms with Gasteiger partial charge >= 0.3 is 4.96 Å². The highest BCUT2D eigenvalue weighted by Crippen LogP contribution is 2.24. The number of carbonyl (C=O) groups is 1. The number of imidazole rings is 1. The standard InChI is InChI=1S/C22H21N2OS.BrH/c1-4-19-20(21(25)17-12-10-15(2)11-13-17)23-16(3)14-26-22(23)24(19)18-8-6-5-7-9-18;/h5-14H,4H2,1-3H3;1H/q+1;/p-1. The van der Waals surface area contributed by atoms with Crippen molar-refractivity contribution in [1.29, 1.82) is 0 Å². The van der Waals surface area contributed by atoms with Crippen molar-refractivity contribution in [3.8, 4) is 5.69 Å². The maximum Gasteiger partial charge on any atom is 0.351 e. The maximum absolute atomic E-state index is 13.4. The number of para-hydroxylation sites is 1. The summed E-state index contributed by atoms with van der Waals surface area (Å²) in [6, 6.07) is 18.1. The molecule has 0 spiro atoms. The molecular formula is C22H21BrN2OS. The Bertz CT molecular complexity index is 1100. The van der Waals surface area contributed by atoms with Crippen molar-refractivity contribution in [3.05, 3.63) is 88.2 Å². The second-order valence-corrected chi connectivity index (χ2v) is 7.35. The number of fused-ring (bicyclic) bond motifs is 1. The predicted octanol–water partition coefficient (Wildman–Crippen LogP) is 1.69. The van der Waals surface area contributed by atoms with Crippen LogP contribution in [0, 0.1) is 13.8 Å². The third-order valence-corrected chi connectivity index (χ3v) is 5.75. The van der Waals surface area contributed by atoms with Gasteiger partial charge in [0, 0.05) is 17.4 Å². The van der Waals surface area contributed by atoms with Crippen molar-refractivity contribution >= 4 is 22.1 Å². The molecule has 27 heavy (non-hydrogen) atoms. The smallest absolute Gasteiger partial charge is 0.351 e. The zero-order valence-electron chi connectivity index (χ0n) is 15.6. The molecule has 4 rings (SSSR count). The summed E-state index contributed by atoms with van der Waals surface area (Å²) >= 11 is 1.67. The molecule has 138 valence electrons. The molecule has 2 aromatic carbocycles. The topological polar surface area (TPSA) is 25.4 Å². The fourth-order valence-corrected chi connectivity index (χ4v) is 4.46. The summed E-state index contributed by atoms with van der Waals surface area (Å²) in [5, 5.41) is 2.11. The predicted molar refractivity (Wildman–Crippen MR) is 106 cm³/mol. The highest BCUT2D eigenvalue weighted by atomic mass is 79.9. The Morgan fingerprint density at radius 2 is 1.70 bits per heavy atom. The molecule has 0 aliphatic heterocycles. The number of thiazole rings is 1. The molecule has 3 nitrogen and oxygen atoms in total. The summed E-state index contributed by atoms with van der Waals surface area (Å²) in [5.41, 5.74) is 5.89. The van der Waals surface area contributed by atoms with Crippen LogP contribution in [0.15, 0.2) is 60.0 Å². The lowest BCUT2D eigenvalue weighted by Crippen LogP contribution is -3.00. The lowest BCUT2D eigenvalue weighted by atomic mass is 10.0. The fraction of sp³-hybridized carbons (Fsp3) is 0.182. The van der Waals surface area contributed by atoms with Crippen LogP contribution < -0.4 is 21.5 Å². The van der Waals surface area contributed by atoms with Gasteiger partial charge in [0.1, 0.15) is 11.4 Å². The molecule has 0 bridgehead atoms. The molecule has 0 saturated carbocycles. The maximum atomic E-state index is 13.4. The number of aryl methyl sites for hydroxylation is 2. The van der Waals surface area contributed by atoms with Crippen LogP contribution in [0.1, 0.15) is 39.9 Å². The van der Waals surface area contributed by atoms with Crippen molar-refractivity contribution < 1.29 is 26.3 Å². The van der Waals surface area contributed by atoms with Gasteiger partial charge in [-0.1, -0.05) is 66.3 Å². The molecule has 0 aliphatic carbocycles. The normalized spacial score (nSPS) is 10.8. The quantitative estimate of drug-likeness (QED) is 0.350. The largest absolute Gasteiger partial charge is 1.00 e. The second kappa shape index (κ2) is 7.79. The number of hydrogen-bond donors (Lipinski definition) is 0. The van der Waals surface area contributed by atoms with Crippen molar-refractivity contribution in [2.24, 2.45) is 0 Å². The van der Waals surface area contributed by atoms with Gasteiger partial charge in [-0.2, -0.15) is 8.97 Å². The molecule has 4 aromatic rings. The number of hydrogen-bond acceptors (Lipinski definition) is 2. The molecule has 0 N–H and O–H groups in total. The Kier molecular flexibility index (Phi) is 5.63. The number of carbonyl (C=O) groups excluding carboxylic acids is 1. The van der Waals surface area contributed by atoms with E-state index in [2.05, 4.69) is 40.3 Å². The van der Waals surface area contributed by atoms with E-state index in [0.29, 0.717) is 0 Å². The molecule has 0 aliphatic rings. The van der Waals surface area contributed by atoms with E-state index in [4.69, 9.17) is 0 Å². The van der Waals surface area contributed by atoms with Crippen molar-refractivity contribution in [2.45, 2.75) is 27.2 Å². The van der Waals surface area contributed by atoms with Gasteiger partial charge in [0.25, 0.3) is 0 Å². The van der Waals surface area contributed by atoms with Crippen LogP contribution in [-0.4, -0.2) is 10.2 Å². The van der Waals surface area contributed by atoms with E-state index >= 15 is 0 Å². The Hall–Kier alpha value is -2.24. The van der Waals surface area contributed by atoms with Gasteiger partial charge in [0.15, 0.2) is 5.69 Å². The summed E-state index contributed by atoms with van der Waals surface area (Å²) in [7, 11) is 0. The number of nitrogens with zero attached hydrogens (tertiary/aromatic N) is 2. The van der Waals surface area contributed by atoms with Gasteiger partial charge in [-0.15, -0.1) is 0 Å². The van der Waals surface area contributed by atoms with E-state index in [1.807, 2.05) is 49.4 Å². The lowest BCUT2D eigenvalue weighted by Gasteiger charge is -2.02. The van der Waals surface area contributed by atoms with Crippen LogP contribution in [0.2, 0.25) is 0 Å². The number of aromatic nitrogens is 2. The zero-order valence-corrected chi connectivity index (χ0v) is 18.0. The Balaban J connectivity index is 0.00000210. The summed E-state index contributed by atoms with van der Waals surface area (Å²) in [5.74, 6) is 0.0769. The number of benzene rings is 2. The molecule has 0 unspecified atom stereocenters. The van der Waals surface area contributed by atoms with Crippen molar-refractivity contribution in [3.63, 3.8) is 0 Å². The summed E-state index contributed by atoms with van der Waals surface area (Å²) < 4.78 is 4.33. The molecule has 5 heteroatoms. The SMILES string of the molecule is CCc1c(C(=O)c2ccc(C)cc2)n2c(C)csc2[n+]1-c1ccccc1.[Br-]. The molecule has 0 saturated heterocycles. The van der Waals surface area contributed by atoms with Crippen LogP contribution >= 0.6 is 11.3 Å². The Morgan fingerprint density at radius 1 is 1.04 bits per heavy atom. The van der Waals surface area contributed by atoms with Crippen LogP contribution in [0.25, 0.3) is 10.6 Å². The van der Waals surface area contributed by atoms with Crippen molar-refractivity contribution in [1.82, 2.24) is 4.40 Å². The van der Waals surface area contributed by atoms with Gasteiger partial charge in [-0.05, 0) is 26.0 Å². The Labute approximate surface area is 173 Å². The summed E-state index contributed by atoms with van der Waals surface area (Å²) in [6.07, 6.45) is 0.787. The first-order valence-electron chi connectivity index (χ1n) is 8.82. The Morgan fingerprint density at radius 3 is 2.33 bits per heavy atom. The number of halogens is 1. The van der Waals surface area contributed by atoms with E-state index in [9.17, 15) is 4.79 Å². The van der Waals surface area contributed by atoms with Crippen LogP contribution in [0.5, 0.6) is 0 Å². The van der Waals surface area contributed by atoms with E-state index < -0.39 is 0 Å². The van der Waals surface area contributed by atoms with Gasteiger partial charge in [0.2, 0.25) is 11.5 Å². The number of ketones is 1. The number of rotatable bonds is 4.